The Morgan fingerprint density at radius 3 is 2.95 bits per heavy atom. The number of nitrogens with zero attached hydrogens (tertiary/aromatic N) is 2. The molecule has 0 saturated carbocycles. The van der Waals surface area contributed by atoms with E-state index in [4.69, 9.17) is 4.74 Å². The Morgan fingerprint density at radius 1 is 1.38 bits per heavy atom. The van der Waals surface area contributed by atoms with Gasteiger partial charge in [0.2, 0.25) is 0 Å². The lowest BCUT2D eigenvalue weighted by Gasteiger charge is -2.02. The maximum atomic E-state index is 12.0. The summed E-state index contributed by atoms with van der Waals surface area (Å²) in [5.74, 6) is -0.0777. The molecular weight excluding hydrogens is 286 g/mol. The van der Waals surface area contributed by atoms with Crippen molar-refractivity contribution in [3.8, 4) is 0 Å². The lowest BCUT2D eigenvalue weighted by atomic mass is 10.2. The number of rotatable bonds is 7. The van der Waals surface area contributed by atoms with Crippen LogP contribution < -0.4 is 5.32 Å². The first-order valence-electron chi connectivity index (χ1n) is 6.84. The molecule has 0 aliphatic rings. The standard InChI is InChI=1S/C15H19N3O2S/c1-11-14(15(19)17-9-10-20-2)21-13(18-11)7-6-12-5-3-4-8-16-12/h3-5,8H,6-7,9-10H2,1-2H3,(H,17,19). The van der Waals surface area contributed by atoms with E-state index < -0.39 is 0 Å². The number of carbonyl (C=O) groups is 1. The van der Waals surface area contributed by atoms with Crippen molar-refractivity contribution in [2.45, 2.75) is 19.8 Å². The Balaban J connectivity index is 1.94. The fourth-order valence-corrected chi connectivity index (χ4v) is 2.88. The van der Waals surface area contributed by atoms with Crippen molar-refractivity contribution in [3.63, 3.8) is 0 Å². The van der Waals surface area contributed by atoms with Crippen LogP contribution in [0, 0.1) is 6.92 Å². The molecule has 1 amide bonds. The van der Waals surface area contributed by atoms with Gasteiger partial charge in [0.1, 0.15) is 4.88 Å². The zero-order chi connectivity index (χ0) is 15.1. The highest BCUT2D eigenvalue weighted by atomic mass is 32.1. The average molecular weight is 305 g/mol. The highest BCUT2D eigenvalue weighted by Gasteiger charge is 2.14. The summed E-state index contributed by atoms with van der Waals surface area (Å²) in [6.07, 6.45) is 3.42. The van der Waals surface area contributed by atoms with Crippen molar-refractivity contribution in [2.75, 3.05) is 20.3 Å². The summed E-state index contributed by atoms with van der Waals surface area (Å²) in [6, 6.07) is 5.88. The number of aryl methyl sites for hydroxylation is 3. The average Bonchev–Trinajstić information content (AvgIpc) is 2.87. The minimum absolute atomic E-state index is 0.0777. The van der Waals surface area contributed by atoms with Crippen LogP contribution in [0.25, 0.3) is 0 Å². The molecule has 0 spiro atoms. The number of amides is 1. The van der Waals surface area contributed by atoms with Crippen LogP contribution >= 0.6 is 11.3 Å². The molecule has 0 saturated heterocycles. The summed E-state index contributed by atoms with van der Waals surface area (Å²) in [5.41, 5.74) is 1.82. The molecule has 0 bridgehead atoms. The maximum Gasteiger partial charge on any atom is 0.263 e. The van der Waals surface area contributed by atoms with Gasteiger partial charge in [-0.25, -0.2) is 4.98 Å². The summed E-state index contributed by atoms with van der Waals surface area (Å²) < 4.78 is 4.92. The SMILES string of the molecule is COCCNC(=O)c1sc(CCc2ccccn2)nc1C. The van der Waals surface area contributed by atoms with Gasteiger partial charge in [0.15, 0.2) is 0 Å². The summed E-state index contributed by atoms with van der Waals surface area (Å²) in [4.78, 5) is 21.5. The molecule has 112 valence electrons. The first kappa shape index (κ1) is 15.6. The Kier molecular flexibility index (Phi) is 5.83. The van der Waals surface area contributed by atoms with Gasteiger partial charge < -0.3 is 10.1 Å². The lowest BCUT2D eigenvalue weighted by Crippen LogP contribution is -2.26. The summed E-state index contributed by atoms with van der Waals surface area (Å²) >= 11 is 1.45. The highest BCUT2D eigenvalue weighted by molar-refractivity contribution is 7.13. The lowest BCUT2D eigenvalue weighted by molar-refractivity contribution is 0.0940. The van der Waals surface area contributed by atoms with E-state index in [9.17, 15) is 4.79 Å². The van der Waals surface area contributed by atoms with Crippen LogP contribution in [0.1, 0.15) is 26.1 Å². The number of ether oxygens (including phenoxy) is 1. The fraction of sp³-hybridized carbons (Fsp3) is 0.400. The molecule has 0 atom stereocenters. The molecule has 2 rings (SSSR count). The van der Waals surface area contributed by atoms with Gasteiger partial charge in [0.25, 0.3) is 5.91 Å². The van der Waals surface area contributed by atoms with Crippen molar-refractivity contribution >= 4 is 17.2 Å². The first-order valence-corrected chi connectivity index (χ1v) is 7.65. The second-order valence-corrected chi connectivity index (χ2v) is 5.68. The van der Waals surface area contributed by atoms with Gasteiger partial charge in [0.05, 0.1) is 17.3 Å². The Morgan fingerprint density at radius 2 is 2.24 bits per heavy atom. The van der Waals surface area contributed by atoms with E-state index >= 15 is 0 Å². The minimum Gasteiger partial charge on any atom is -0.383 e. The predicted molar refractivity (Wildman–Crippen MR) is 82.7 cm³/mol. The second-order valence-electron chi connectivity index (χ2n) is 4.59. The van der Waals surface area contributed by atoms with E-state index in [0.29, 0.717) is 18.0 Å². The van der Waals surface area contributed by atoms with E-state index in [-0.39, 0.29) is 5.91 Å². The number of carbonyl (C=O) groups excluding carboxylic acids is 1. The third-order valence-electron chi connectivity index (χ3n) is 2.96. The summed E-state index contributed by atoms with van der Waals surface area (Å²) in [7, 11) is 1.61. The second kappa shape index (κ2) is 7.85. The summed E-state index contributed by atoms with van der Waals surface area (Å²) in [5, 5.41) is 3.79. The molecule has 6 heteroatoms. The van der Waals surface area contributed by atoms with Gasteiger partial charge in [-0.15, -0.1) is 11.3 Å². The fourth-order valence-electron chi connectivity index (χ4n) is 1.90. The van der Waals surface area contributed by atoms with Crippen molar-refractivity contribution in [1.82, 2.24) is 15.3 Å². The van der Waals surface area contributed by atoms with Gasteiger partial charge in [-0.2, -0.15) is 0 Å². The van der Waals surface area contributed by atoms with Crippen molar-refractivity contribution in [3.05, 3.63) is 45.7 Å². The molecule has 2 aromatic heterocycles. The van der Waals surface area contributed by atoms with Crippen LogP contribution in [0.15, 0.2) is 24.4 Å². The molecule has 5 nitrogen and oxygen atoms in total. The van der Waals surface area contributed by atoms with Crippen LogP contribution in [0.2, 0.25) is 0 Å². The molecule has 2 aromatic rings. The Bertz CT molecular complexity index is 584. The quantitative estimate of drug-likeness (QED) is 0.795. The summed E-state index contributed by atoms with van der Waals surface area (Å²) in [6.45, 7) is 2.89. The first-order chi connectivity index (χ1) is 10.2. The van der Waals surface area contributed by atoms with Crippen molar-refractivity contribution in [2.24, 2.45) is 0 Å². The normalized spacial score (nSPS) is 10.6. The number of nitrogens with one attached hydrogen (secondary N) is 1. The molecule has 21 heavy (non-hydrogen) atoms. The topological polar surface area (TPSA) is 64.1 Å². The third kappa shape index (κ3) is 4.61. The molecule has 0 aliphatic heterocycles. The third-order valence-corrected chi connectivity index (χ3v) is 4.18. The van der Waals surface area contributed by atoms with Gasteiger partial charge in [-0.3, -0.25) is 9.78 Å². The monoisotopic (exact) mass is 305 g/mol. The van der Waals surface area contributed by atoms with Crippen molar-refractivity contribution in [1.29, 1.82) is 0 Å². The highest BCUT2D eigenvalue weighted by Crippen LogP contribution is 2.19. The number of methoxy groups -OCH3 is 1. The van der Waals surface area contributed by atoms with Crippen LogP contribution in [0.4, 0.5) is 0 Å². The molecule has 0 aromatic carbocycles. The number of aromatic nitrogens is 2. The molecule has 0 fully saturated rings. The zero-order valence-electron chi connectivity index (χ0n) is 12.3. The Hall–Kier alpha value is -1.79. The molecule has 0 unspecified atom stereocenters. The van der Waals surface area contributed by atoms with Crippen LogP contribution in [-0.2, 0) is 17.6 Å². The number of thiazole rings is 1. The number of hydrogen-bond donors (Lipinski definition) is 1. The number of pyridine rings is 1. The van der Waals surface area contributed by atoms with Gasteiger partial charge in [0, 0.05) is 32.0 Å². The van der Waals surface area contributed by atoms with E-state index in [0.717, 1.165) is 29.2 Å². The smallest absolute Gasteiger partial charge is 0.263 e. The zero-order valence-corrected chi connectivity index (χ0v) is 13.1. The van der Waals surface area contributed by atoms with Crippen molar-refractivity contribution < 1.29 is 9.53 Å². The van der Waals surface area contributed by atoms with E-state index in [2.05, 4.69) is 15.3 Å². The molecule has 2 heterocycles. The van der Waals surface area contributed by atoms with Crippen LogP contribution in [0.5, 0.6) is 0 Å². The number of hydrogen-bond acceptors (Lipinski definition) is 5. The maximum absolute atomic E-state index is 12.0. The van der Waals surface area contributed by atoms with E-state index in [1.807, 2.05) is 25.1 Å². The largest absolute Gasteiger partial charge is 0.383 e. The Labute approximate surface area is 128 Å². The minimum atomic E-state index is -0.0777. The molecule has 1 N–H and O–H groups in total. The van der Waals surface area contributed by atoms with Gasteiger partial charge in [-0.05, 0) is 25.5 Å². The molecular formula is C15H19N3O2S. The molecule has 0 aliphatic carbocycles. The van der Waals surface area contributed by atoms with E-state index in [1.165, 1.54) is 11.3 Å². The molecule has 0 radical (unpaired) electrons. The van der Waals surface area contributed by atoms with Gasteiger partial charge in [-0.1, -0.05) is 6.07 Å². The van der Waals surface area contributed by atoms with Crippen LogP contribution in [0.3, 0.4) is 0 Å². The van der Waals surface area contributed by atoms with E-state index in [1.54, 1.807) is 13.3 Å². The van der Waals surface area contributed by atoms with Crippen LogP contribution in [-0.4, -0.2) is 36.1 Å². The predicted octanol–water partition coefficient (Wildman–Crippen LogP) is 2.01. The van der Waals surface area contributed by atoms with Gasteiger partial charge >= 0.3 is 0 Å².